The summed E-state index contributed by atoms with van der Waals surface area (Å²) >= 11 is 0. The number of carboxylic acids is 1. The minimum Gasteiger partial charge on any atom is -0.481 e. The molecule has 3 N–H and O–H groups in total. The van der Waals surface area contributed by atoms with E-state index in [-0.39, 0.29) is 31.7 Å². The van der Waals surface area contributed by atoms with E-state index in [1.807, 2.05) is 18.2 Å². The first kappa shape index (κ1) is 25.7. The van der Waals surface area contributed by atoms with Crippen LogP contribution in [-0.2, 0) is 25.7 Å². The van der Waals surface area contributed by atoms with Crippen LogP contribution in [-0.4, -0.2) is 69.9 Å². The lowest BCUT2D eigenvalue weighted by Crippen LogP contribution is -2.45. The van der Waals surface area contributed by atoms with Gasteiger partial charge in [0.05, 0.1) is 6.42 Å². The standard InChI is InChI=1S/C25H35N3O6/c1-25(2,3)34-22(31)7-6-20(23(26)32)28-15-18-5-4-17(14-19(18)24(28)33)16-8-11-27(12-9-16)13-10-21(29)30/h4-5,14,16,20H,6-13,15H2,1-3H3,(H2,26,32)(H,29,30)/t20-/m0/s1. The number of primary amides is 1. The second kappa shape index (κ2) is 10.5. The molecule has 1 fully saturated rings. The van der Waals surface area contributed by atoms with Crippen molar-refractivity contribution in [2.75, 3.05) is 19.6 Å². The number of nitrogens with zero attached hydrogens (tertiary/aromatic N) is 2. The van der Waals surface area contributed by atoms with E-state index in [0.29, 0.717) is 18.0 Å². The van der Waals surface area contributed by atoms with Gasteiger partial charge in [0.15, 0.2) is 0 Å². The van der Waals surface area contributed by atoms with Crippen LogP contribution < -0.4 is 5.73 Å². The zero-order valence-electron chi connectivity index (χ0n) is 20.2. The summed E-state index contributed by atoms with van der Waals surface area (Å²) in [7, 11) is 0. The van der Waals surface area contributed by atoms with Gasteiger partial charge in [-0.15, -0.1) is 0 Å². The molecule has 0 unspecified atom stereocenters. The summed E-state index contributed by atoms with van der Waals surface area (Å²) < 4.78 is 5.31. The third-order valence-corrected chi connectivity index (χ3v) is 6.41. The molecule has 1 aromatic carbocycles. The normalized spacial score (nSPS) is 18.0. The Morgan fingerprint density at radius 3 is 2.44 bits per heavy atom. The SMILES string of the molecule is CC(C)(C)OC(=O)CC[C@@H](C(N)=O)N1Cc2ccc(C3CCN(CCC(=O)O)CC3)cc2C1=O. The van der Waals surface area contributed by atoms with Crippen LogP contribution in [0.15, 0.2) is 18.2 Å². The van der Waals surface area contributed by atoms with Crippen molar-refractivity contribution in [3.8, 4) is 0 Å². The minimum absolute atomic E-state index is 0.00327. The Morgan fingerprint density at radius 2 is 1.85 bits per heavy atom. The number of carbonyl (C=O) groups excluding carboxylic acids is 3. The number of carbonyl (C=O) groups is 4. The molecule has 0 aromatic heterocycles. The van der Waals surface area contributed by atoms with E-state index in [1.54, 1.807) is 20.8 Å². The summed E-state index contributed by atoms with van der Waals surface area (Å²) in [4.78, 5) is 51.9. The van der Waals surface area contributed by atoms with Gasteiger partial charge in [-0.25, -0.2) is 0 Å². The van der Waals surface area contributed by atoms with Gasteiger partial charge in [-0.1, -0.05) is 12.1 Å². The van der Waals surface area contributed by atoms with E-state index >= 15 is 0 Å². The number of piperidine rings is 1. The predicted octanol–water partition coefficient (Wildman–Crippen LogP) is 2.27. The second-order valence-corrected chi connectivity index (χ2v) is 10.2. The Kier molecular flexibility index (Phi) is 7.97. The number of amides is 2. The molecule has 0 bridgehead atoms. The van der Waals surface area contributed by atoms with Crippen LogP contribution in [0.25, 0.3) is 0 Å². The van der Waals surface area contributed by atoms with Crippen LogP contribution in [0.3, 0.4) is 0 Å². The third-order valence-electron chi connectivity index (χ3n) is 6.41. The number of hydrogen-bond acceptors (Lipinski definition) is 6. The van der Waals surface area contributed by atoms with Crippen molar-refractivity contribution in [3.05, 3.63) is 34.9 Å². The summed E-state index contributed by atoms with van der Waals surface area (Å²) in [6.45, 7) is 7.80. The van der Waals surface area contributed by atoms with Gasteiger partial charge in [-0.2, -0.15) is 0 Å². The highest BCUT2D eigenvalue weighted by molar-refractivity contribution is 6.01. The van der Waals surface area contributed by atoms with Crippen molar-refractivity contribution in [2.24, 2.45) is 5.73 Å². The van der Waals surface area contributed by atoms with E-state index in [2.05, 4.69) is 4.90 Å². The number of esters is 1. The Hall–Kier alpha value is -2.94. The molecule has 2 amide bonds. The van der Waals surface area contributed by atoms with Gasteiger partial charge in [0.25, 0.3) is 5.91 Å². The first-order valence-electron chi connectivity index (χ1n) is 11.8. The van der Waals surface area contributed by atoms with E-state index in [4.69, 9.17) is 15.6 Å². The Bertz CT molecular complexity index is 946. The lowest BCUT2D eigenvalue weighted by molar-refractivity contribution is -0.155. The van der Waals surface area contributed by atoms with Gasteiger partial charge >= 0.3 is 11.9 Å². The number of carboxylic acid groups (broad SMARTS) is 1. The highest BCUT2D eigenvalue weighted by Crippen LogP contribution is 2.33. The fourth-order valence-corrected chi connectivity index (χ4v) is 4.69. The Labute approximate surface area is 200 Å². The molecule has 34 heavy (non-hydrogen) atoms. The van der Waals surface area contributed by atoms with Crippen LogP contribution in [0.1, 0.15) is 80.3 Å². The maximum absolute atomic E-state index is 13.2. The number of nitrogens with two attached hydrogens (primary N) is 1. The van der Waals surface area contributed by atoms with Crippen molar-refractivity contribution >= 4 is 23.8 Å². The average molecular weight is 474 g/mol. The summed E-state index contributed by atoms with van der Waals surface area (Å²) in [5.74, 6) is -1.81. The minimum atomic E-state index is -0.881. The molecule has 1 aromatic rings. The highest BCUT2D eigenvalue weighted by Gasteiger charge is 2.36. The Morgan fingerprint density at radius 1 is 1.18 bits per heavy atom. The fourth-order valence-electron chi connectivity index (χ4n) is 4.69. The van der Waals surface area contributed by atoms with Gasteiger partial charge in [0.1, 0.15) is 11.6 Å². The molecule has 1 saturated heterocycles. The zero-order valence-corrected chi connectivity index (χ0v) is 20.2. The molecule has 2 aliphatic rings. The maximum Gasteiger partial charge on any atom is 0.306 e. The molecule has 2 aliphatic heterocycles. The highest BCUT2D eigenvalue weighted by atomic mass is 16.6. The average Bonchev–Trinajstić information content (AvgIpc) is 3.07. The smallest absolute Gasteiger partial charge is 0.306 e. The predicted molar refractivity (Wildman–Crippen MR) is 125 cm³/mol. The number of hydrogen-bond donors (Lipinski definition) is 2. The number of likely N-dealkylation sites (tertiary alicyclic amines) is 1. The quantitative estimate of drug-likeness (QED) is 0.526. The lowest BCUT2D eigenvalue weighted by Gasteiger charge is -2.32. The van der Waals surface area contributed by atoms with Gasteiger partial charge in [0.2, 0.25) is 5.91 Å². The molecule has 0 saturated carbocycles. The second-order valence-electron chi connectivity index (χ2n) is 10.2. The molecule has 0 aliphatic carbocycles. The van der Waals surface area contributed by atoms with E-state index in [1.165, 1.54) is 4.90 Å². The number of rotatable bonds is 9. The Balaban J connectivity index is 1.63. The van der Waals surface area contributed by atoms with Crippen molar-refractivity contribution in [2.45, 2.75) is 77.0 Å². The van der Waals surface area contributed by atoms with Crippen LogP contribution in [0, 0.1) is 0 Å². The van der Waals surface area contributed by atoms with Gasteiger partial charge in [-0.05, 0) is 76.2 Å². The molecule has 0 spiro atoms. The molecule has 3 rings (SSSR count). The summed E-state index contributed by atoms with van der Waals surface area (Å²) in [5, 5.41) is 8.87. The fraction of sp³-hybridized carbons (Fsp3) is 0.600. The van der Waals surface area contributed by atoms with Gasteiger partial charge < -0.3 is 25.4 Å². The monoisotopic (exact) mass is 473 g/mol. The van der Waals surface area contributed by atoms with Crippen molar-refractivity contribution in [1.29, 1.82) is 0 Å². The van der Waals surface area contributed by atoms with Gasteiger partial charge in [-0.3, -0.25) is 19.2 Å². The summed E-state index contributed by atoms with van der Waals surface area (Å²) in [6.07, 6.45) is 2.05. The molecule has 186 valence electrons. The van der Waals surface area contributed by atoms with E-state index < -0.39 is 29.5 Å². The van der Waals surface area contributed by atoms with Crippen molar-refractivity contribution in [1.82, 2.24) is 9.80 Å². The van der Waals surface area contributed by atoms with Crippen LogP contribution >= 0.6 is 0 Å². The largest absolute Gasteiger partial charge is 0.481 e. The maximum atomic E-state index is 13.2. The van der Waals surface area contributed by atoms with Crippen LogP contribution in [0.4, 0.5) is 0 Å². The number of ether oxygens (including phenoxy) is 1. The van der Waals surface area contributed by atoms with Crippen molar-refractivity contribution in [3.63, 3.8) is 0 Å². The molecule has 0 radical (unpaired) electrons. The molecule has 9 nitrogen and oxygen atoms in total. The number of fused-ring (bicyclic) bond motifs is 1. The lowest BCUT2D eigenvalue weighted by atomic mass is 9.88. The summed E-state index contributed by atoms with van der Waals surface area (Å²) in [5.41, 5.74) is 7.48. The van der Waals surface area contributed by atoms with E-state index in [0.717, 1.165) is 37.1 Å². The van der Waals surface area contributed by atoms with Crippen LogP contribution in [0.2, 0.25) is 0 Å². The third kappa shape index (κ3) is 6.56. The first-order chi connectivity index (χ1) is 15.9. The molecule has 9 heteroatoms. The molecular weight excluding hydrogens is 438 g/mol. The van der Waals surface area contributed by atoms with E-state index in [9.17, 15) is 19.2 Å². The molecular formula is C25H35N3O6. The topological polar surface area (TPSA) is 130 Å². The molecule has 1 atom stereocenters. The van der Waals surface area contributed by atoms with Crippen LogP contribution in [0.5, 0.6) is 0 Å². The number of benzene rings is 1. The van der Waals surface area contributed by atoms with Crippen molar-refractivity contribution < 1.29 is 29.0 Å². The summed E-state index contributed by atoms with van der Waals surface area (Å²) in [6, 6.07) is 5.01. The first-order valence-corrected chi connectivity index (χ1v) is 11.8. The molecule has 2 heterocycles. The number of aliphatic carboxylic acids is 1. The van der Waals surface area contributed by atoms with Gasteiger partial charge in [0, 0.05) is 25.1 Å². The zero-order chi connectivity index (χ0) is 25.0.